The van der Waals surface area contributed by atoms with Gasteiger partial charge in [0.2, 0.25) is 5.91 Å². The van der Waals surface area contributed by atoms with E-state index in [-0.39, 0.29) is 36.7 Å². The quantitative estimate of drug-likeness (QED) is 0.472. The summed E-state index contributed by atoms with van der Waals surface area (Å²) in [5, 5.41) is 2.81. The summed E-state index contributed by atoms with van der Waals surface area (Å²) in [7, 11) is -4.51. The molecule has 212 valence electrons. The van der Waals surface area contributed by atoms with Crippen LogP contribution in [0.3, 0.4) is 0 Å². The monoisotopic (exact) mass is 568 g/mol. The highest BCUT2D eigenvalue weighted by molar-refractivity contribution is 7.92. The van der Waals surface area contributed by atoms with E-state index in [4.69, 9.17) is 9.47 Å². The molecule has 0 aromatic heterocycles. The van der Waals surface area contributed by atoms with Crippen LogP contribution < -0.4 is 14.4 Å². The molecule has 1 fully saturated rings. The second-order valence-corrected chi connectivity index (χ2v) is 12.7. The Bertz CT molecular complexity index is 1350. The normalized spacial score (nSPS) is 17.7. The van der Waals surface area contributed by atoms with Crippen LogP contribution in [0.2, 0.25) is 0 Å². The van der Waals surface area contributed by atoms with Crippen molar-refractivity contribution in [1.29, 1.82) is 0 Å². The number of hydrogen-bond donors (Lipinski definition) is 1. The summed E-state index contributed by atoms with van der Waals surface area (Å²) in [6.07, 6.45) is -3.83. The molecular formula is C27H31F3N2O6S. The molecule has 1 N–H and O–H groups in total. The minimum absolute atomic E-state index is 0.0584. The van der Waals surface area contributed by atoms with E-state index in [1.807, 2.05) is 0 Å². The summed E-state index contributed by atoms with van der Waals surface area (Å²) < 4.78 is 79.7. The van der Waals surface area contributed by atoms with Crippen LogP contribution in [0.15, 0.2) is 47.4 Å². The van der Waals surface area contributed by atoms with E-state index in [9.17, 15) is 31.2 Å². The zero-order valence-electron chi connectivity index (χ0n) is 21.9. The highest BCUT2D eigenvalue weighted by Crippen LogP contribution is 2.39. The van der Waals surface area contributed by atoms with Crippen molar-refractivity contribution in [2.45, 2.75) is 69.2 Å². The molecular weight excluding hydrogens is 537 g/mol. The molecule has 1 atom stereocenters. The largest absolute Gasteiger partial charge is 0.486 e. The van der Waals surface area contributed by atoms with Crippen LogP contribution in [0, 0.1) is 5.92 Å². The number of sulfonamides is 1. The van der Waals surface area contributed by atoms with Crippen LogP contribution in [0.25, 0.3) is 0 Å². The van der Waals surface area contributed by atoms with E-state index in [2.05, 4.69) is 5.32 Å². The number of nitrogens with zero attached hydrogens (tertiary/aromatic N) is 1. The number of halogens is 3. The summed E-state index contributed by atoms with van der Waals surface area (Å²) in [6, 6.07) is 7.98. The number of alkyl halides is 3. The topological polar surface area (TPSA) is 102 Å². The predicted molar refractivity (Wildman–Crippen MR) is 137 cm³/mol. The fourth-order valence-corrected chi connectivity index (χ4v) is 5.71. The lowest BCUT2D eigenvalue weighted by molar-refractivity contribution is -0.154. The van der Waals surface area contributed by atoms with Crippen LogP contribution in [-0.2, 0) is 36.9 Å². The number of nitrogens with one attached hydrogen (secondary N) is 1. The molecule has 1 aliphatic heterocycles. The molecule has 0 bridgehead atoms. The Labute approximate surface area is 225 Å². The third kappa shape index (κ3) is 7.43. The Morgan fingerprint density at radius 1 is 1.10 bits per heavy atom. The first-order valence-electron chi connectivity index (χ1n) is 12.6. The lowest BCUT2D eigenvalue weighted by Gasteiger charge is -2.35. The number of ether oxygens (including phenoxy) is 2. The number of anilines is 1. The first-order chi connectivity index (χ1) is 18.1. The fourth-order valence-electron chi connectivity index (χ4n) is 4.16. The molecule has 8 nitrogen and oxygen atoms in total. The fraction of sp³-hybridized carbons (Fsp3) is 0.481. The van der Waals surface area contributed by atoms with Crippen molar-refractivity contribution in [2.24, 2.45) is 5.92 Å². The van der Waals surface area contributed by atoms with E-state index in [0.717, 1.165) is 35.3 Å². The molecule has 12 heteroatoms. The highest BCUT2D eigenvalue weighted by atomic mass is 32.2. The molecule has 0 radical (unpaired) electrons. The van der Waals surface area contributed by atoms with E-state index < -0.39 is 44.3 Å². The second kappa shape index (κ2) is 10.7. The summed E-state index contributed by atoms with van der Waals surface area (Å²) >= 11 is 0. The molecule has 0 unspecified atom stereocenters. The van der Waals surface area contributed by atoms with E-state index in [1.165, 1.54) is 12.1 Å². The van der Waals surface area contributed by atoms with Gasteiger partial charge >= 0.3 is 12.1 Å². The Morgan fingerprint density at radius 3 is 2.46 bits per heavy atom. The van der Waals surface area contributed by atoms with Crippen LogP contribution in [0.1, 0.15) is 51.2 Å². The number of amides is 1. The average Bonchev–Trinajstić information content (AvgIpc) is 3.65. The number of hydrogen-bond acceptors (Lipinski definition) is 6. The SMILES string of the molecule is CC(C)(C)OC(=O)Cc1ccc2c(c1)N(S(=O)(=O)c1cccc(C(F)(F)F)c1)C[C@H](CC(=O)NCC1CC1)O2. The van der Waals surface area contributed by atoms with Crippen LogP contribution >= 0.6 is 0 Å². The third-order valence-electron chi connectivity index (χ3n) is 6.17. The summed E-state index contributed by atoms with van der Waals surface area (Å²) in [5.74, 6) is -0.266. The maximum Gasteiger partial charge on any atom is 0.416 e. The molecule has 1 amide bonds. The molecule has 1 saturated carbocycles. The van der Waals surface area contributed by atoms with Gasteiger partial charge in [0, 0.05) is 6.54 Å². The number of carbonyl (C=O) groups excluding carboxylic acids is 2. The predicted octanol–water partition coefficient (Wildman–Crippen LogP) is 4.46. The molecule has 1 aliphatic carbocycles. The van der Waals surface area contributed by atoms with Crippen molar-refractivity contribution in [3.8, 4) is 5.75 Å². The number of benzene rings is 2. The molecule has 2 aromatic rings. The van der Waals surface area contributed by atoms with Gasteiger partial charge in [-0.05, 0) is 75.4 Å². The Kier molecular flexibility index (Phi) is 7.89. The standard InChI is InChI=1S/C27H31F3N2O6S/c1-26(2,3)38-25(34)12-18-9-10-23-22(11-18)32(16-20(37-23)14-24(33)31-15-17-7-8-17)39(35,36)21-6-4-5-19(13-21)27(28,29)30/h4-6,9-11,13,17,20H,7-8,12,14-16H2,1-3H3,(H,31,33)/t20-/m0/s1. The first-order valence-corrected chi connectivity index (χ1v) is 14.0. The highest BCUT2D eigenvalue weighted by Gasteiger charge is 2.38. The molecule has 39 heavy (non-hydrogen) atoms. The van der Waals surface area contributed by atoms with Gasteiger partial charge < -0.3 is 14.8 Å². The van der Waals surface area contributed by atoms with Crippen molar-refractivity contribution in [1.82, 2.24) is 5.32 Å². The summed E-state index contributed by atoms with van der Waals surface area (Å²) in [6.45, 7) is 5.38. The minimum Gasteiger partial charge on any atom is -0.486 e. The molecule has 1 heterocycles. The number of esters is 1. The van der Waals surface area contributed by atoms with Crippen LogP contribution in [0.4, 0.5) is 18.9 Å². The smallest absolute Gasteiger partial charge is 0.416 e. The Morgan fingerprint density at radius 2 is 1.82 bits per heavy atom. The van der Waals surface area contributed by atoms with Gasteiger partial charge in [0.15, 0.2) is 0 Å². The number of rotatable bonds is 8. The molecule has 2 aliphatic rings. The van der Waals surface area contributed by atoms with E-state index in [0.29, 0.717) is 24.1 Å². The maximum absolute atomic E-state index is 13.7. The van der Waals surface area contributed by atoms with Crippen LogP contribution in [0.5, 0.6) is 5.75 Å². The van der Waals surface area contributed by atoms with Gasteiger partial charge in [-0.1, -0.05) is 12.1 Å². The van der Waals surface area contributed by atoms with Gasteiger partial charge in [-0.3, -0.25) is 13.9 Å². The van der Waals surface area contributed by atoms with Gasteiger partial charge in [-0.25, -0.2) is 8.42 Å². The van der Waals surface area contributed by atoms with Crippen LogP contribution in [-0.4, -0.2) is 45.1 Å². The van der Waals surface area contributed by atoms with Crippen molar-refractivity contribution in [3.63, 3.8) is 0 Å². The third-order valence-corrected chi connectivity index (χ3v) is 7.95. The van der Waals surface area contributed by atoms with Crippen molar-refractivity contribution >= 4 is 27.6 Å². The van der Waals surface area contributed by atoms with Gasteiger partial charge in [0.1, 0.15) is 17.5 Å². The molecule has 0 spiro atoms. The van der Waals surface area contributed by atoms with E-state index >= 15 is 0 Å². The summed E-state index contributed by atoms with van der Waals surface area (Å²) in [5.41, 5.74) is -1.34. The molecule has 4 rings (SSSR count). The minimum atomic E-state index is -4.74. The Hall–Kier alpha value is -3.28. The molecule has 2 aromatic carbocycles. The number of fused-ring (bicyclic) bond motifs is 1. The first kappa shape index (κ1) is 28.7. The van der Waals surface area contributed by atoms with Crippen molar-refractivity contribution in [3.05, 3.63) is 53.6 Å². The van der Waals surface area contributed by atoms with E-state index in [1.54, 1.807) is 26.8 Å². The molecule has 0 saturated heterocycles. The number of carbonyl (C=O) groups is 2. The summed E-state index contributed by atoms with van der Waals surface area (Å²) in [4.78, 5) is 24.3. The average molecular weight is 569 g/mol. The van der Waals surface area contributed by atoms with Gasteiger partial charge in [0.05, 0.1) is 35.5 Å². The van der Waals surface area contributed by atoms with Gasteiger partial charge in [-0.2, -0.15) is 13.2 Å². The zero-order chi connectivity index (χ0) is 28.6. The zero-order valence-corrected chi connectivity index (χ0v) is 22.7. The van der Waals surface area contributed by atoms with Crippen molar-refractivity contribution < 1.29 is 40.7 Å². The lowest BCUT2D eigenvalue weighted by Crippen LogP contribution is -2.45. The van der Waals surface area contributed by atoms with Crippen molar-refractivity contribution in [2.75, 3.05) is 17.4 Å². The maximum atomic E-state index is 13.7. The van der Waals surface area contributed by atoms with Gasteiger partial charge in [-0.15, -0.1) is 0 Å². The second-order valence-electron chi connectivity index (χ2n) is 10.8. The van der Waals surface area contributed by atoms with Gasteiger partial charge in [0.25, 0.3) is 10.0 Å². The lowest BCUT2D eigenvalue weighted by atomic mass is 10.1. The Balaban J connectivity index is 1.66.